The number of nitrogens with zero attached hydrogens (tertiary/aromatic N) is 1. The molecule has 0 aromatic carbocycles. The van der Waals surface area contributed by atoms with Crippen LogP contribution in [0.4, 0.5) is 0 Å². The third kappa shape index (κ3) is 2.87. The van der Waals surface area contributed by atoms with Gasteiger partial charge in [-0.1, -0.05) is 27.5 Å². The predicted octanol–water partition coefficient (Wildman–Crippen LogP) is 3.26. The van der Waals surface area contributed by atoms with E-state index >= 15 is 0 Å². The molecule has 0 bridgehead atoms. The van der Waals surface area contributed by atoms with Gasteiger partial charge in [0.15, 0.2) is 0 Å². The maximum atomic E-state index is 12.4. The van der Waals surface area contributed by atoms with Crippen LogP contribution in [-0.4, -0.2) is 30.6 Å². The lowest BCUT2D eigenvalue weighted by atomic mass is 10.4. The number of hydrogen-bond donors (Lipinski definition) is 0. The summed E-state index contributed by atoms with van der Waals surface area (Å²) in [4.78, 5) is 0. The average Bonchev–Trinajstić information content (AvgIpc) is 3.03. The second kappa shape index (κ2) is 5.17. The molecule has 2 rings (SSSR count). The molecule has 17 heavy (non-hydrogen) atoms. The molecule has 1 heterocycles. The molecule has 7 heteroatoms. The number of aryl methyl sites for hydroxylation is 1. The van der Waals surface area contributed by atoms with Crippen LogP contribution >= 0.6 is 38.9 Å². The smallest absolute Gasteiger partial charge is 0.206 e. The Bertz CT molecular complexity index is 491. The van der Waals surface area contributed by atoms with Crippen LogP contribution in [0.25, 0.3) is 0 Å². The average molecular weight is 359 g/mol. The number of rotatable bonds is 5. The van der Waals surface area contributed by atoms with Crippen molar-refractivity contribution in [3.8, 4) is 0 Å². The molecule has 0 atom stereocenters. The zero-order chi connectivity index (χ0) is 12.6. The lowest BCUT2D eigenvalue weighted by Crippen LogP contribution is -2.34. The lowest BCUT2D eigenvalue weighted by Gasteiger charge is -2.19. The molecule has 0 aliphatic heterocycles. The van der Waals surface area contributed by atoms with E-state index in [1.807, 2.05) is 6.92 Å². The van der Waals surface area contributed by atoms with E-state index in [4.69, 9.17) is 11.6 Å². The highest BCUT2D eigenvalue weighted by atomic mass is 79.9. The second-order valence-corrected chi connectivity index (χ2v) is 8.62. The predicted molar refractivity (Wildman–Crippen MR) is 74.8 cm³/mol. The molecule has 1 aromatic heterocycles. The molecule has 0 N–H and O–H groups in total. The summed E-state index contributed by atoms with van der Waals surface area (Å²) in [6.45, 7) is 2.34. The summed E-state index contributed by atoms with van der Waals surface area (Å²) in [5.41, 5.74) is 0.824. The quantitative estimate of drug-likeness (QED) is 0.758. The fraction of sp³-hybridized carbons (Fsp3) is 0.600. The highest BCUT2D eigenvalue weighted by Gasteiger charge is 2.38. The first-order chi connectivity index (χ1) is 7.96. The molecule has 0 saturated heterocycles. The van der Waals surface area contributed by atoms with Gasteiger partial charge in [-0.15, -0.1) is 11.3 Å². The Morgan fingerprint density at radius 2 is 2.24 bits per heavy atom. The molecule has 3 nitrogen and oxygen atoms in total. The second-order valence-electron chi connectivity index (χ2n) is 4.06. The zero-order valence-corrected chi connectivity index (χ0v) is 13.3. The number of alkyl halides is 1. The molecule has 1 aliphatic rings. The van der Waals surface area contributed by atoms with Crippen LogP contribution in [0.1, 0.15) is 18.4 Å². The van der Waals surface area contributed by atoms with Crippen molar-refractivity contribution in [3.05, 3.63) is 16.0 Å². The van der Waals surface area contributed by atoms with Crippen LogP contribution < -0.4 is 0 Å². The minimum Gasteiger partial charge on any atom is -0.206 e. The van der Waals surface area contributed by atoms with Crippen LogP contribution in [0.2, 0.25) is 4.34 Å². The van der Waals surface area contributed by atoms with Crippen LogP contribution in [0.3, 0.4) is 0 Å². The van der Waals surface area contributed by atoms with E-state index < -0.39 is 10.0 Å². The molecule has 1 aliphatic carbocycles. The Balaban J connectivity index is 2.33. The molecular weight excluding hydrogens is 346 g/mol. The summed E-state index contributed by atoms with van der Waals surface area (Å²) < 4.78 is 27.3. The summed E-state index contributed by atoms with van der Waals surface area (Å²) in [6, 6.07) is 1.84. The lowest BCUT2D eigenvalue weighted by molar-refractivity contribution is 0.425. The van der Waals surface area contributed by atoms with E-state index in [-0.39, 0.29) is 6.04 Å². The molecule has 1 saturated carbocycles. The van der Waals surface area contributed by atoms with Crippen LogP contribution in [0.15, 0.2) is 10.3 Å². The van der Waals surface area contributed by atoms with Crippen LogP contribution in [-0.2, 0) is 10.0 Å². The van der Waals surface area contributed by atoms with Gasteiger partial charge in [0, 0.05) is 17.9 Å². The van der Waals surface area contributed by atoms with Crippen molar-refractivity contribution < 1.29 is 8.42 Å². The van der Waals surface area contributed by atoms with E-state index in [1.165, 1.54) is 0 Å². The Hall–Kier alpha value is 0.380. The summed E-state index contributed by atoms with van der Waals surface area (Å²) in [5.74, 6) is 0. The van der Waals surface area contributed by atoms with E-state index in [1.54, 1.807) is 10.4 Å². The van der Waals surface area contributed by atoms with Gasteiger partial charge >= 0.3 is 0 Å². The standard InChI is InChI=1S/C10H13BrClNO2S2/c1-7-6-9(16-10(7)12)17(14,15)13(5-4-11)8-2-3-8/h6,8H,2-5H2,1H3. The number of sulfonamides is 1. The van der Waals surface area contributed by atoms with Gasteiger partial charge in [-0.3, -0.25) is 0 Å². The first-order valence-electron chi connectivity index (χ1n) is 5.30. The topological polar surface area (TPSA) is 37.4 Å². The highest BCUT2D eigenvalue weighted by Crippen LogP contribution is 2.36. The summed E-state index contributed by atoms with van der Waals surface area (Å²) in [6.07, 6.45) is 1.93. The largest absolute Gasteiger partial charge is 0.252 e. The van der Waals surface area contributed by atoms with Gasteiger partial charge in [-0.2, -0.15) is 4.31 Å². The highest BCUT2D eigenvalue weighted by molar-refractivity contribution is 9.09. The third-order valence-corrected chi connectivity index (χ3v) is 6.97. The fourth-order valence-corrected chi connectivity index (χ4v) is 5.76. The Morgan fingerprint density at radius 1 is 1.59 bits per heavy atom. The van der Waals surface area contributed by atoms with Crippen molar-refractivity contribution in [1.82, 2.24) is 4.31 Å². The van der Waals surface area contributed by atoms with Crippen molar-refractivity contribution in [1.29, 1.82) is 0 Å². The minimum absolute atomic E-state index is 0.179. The van der Waals surface area contributed by atoms with Crippen molar-refractivity contribution >= 4 is 48.9 Å². The molecule has 1 aromatic rings. The zero-order valence-electron chi connectivity index (χ0n) is 9.32. The van der Waals surface area contributed by atoms with Crippen molar-refractivity contribution in [2.45, 2.75) is 30.0 Å². The molecule has 1 fully saturated rings. The Morgan fingerprint density at radius 3 is 2.65 bits per heavy atom. The van der Waals surface area contributed by atoms with E-state index in [2.05, 4.69) is 15.9 Å². The fourth-order valence-electron chi connectivity index (χ4n) is 1.62. The molecule has 0 amide bonds. The van der Waals surface area contributed by atoms with Gasteiger partial charge in [0.25, 0.3) is 10.0 Å². The number of halogens is 2. The minimum atomic E-state index is -3.36. The van der Waals surface area contributed by atoms with Gasteiger partial charge in [-0.25, -0.2) is 8.42 Å². The van der Waals surface area contributed by atoms with Gasteiger partial charge < -0.3 is 0 Å². The molecular formula is C10H13BrClNO2S2. The number of hydrogen-bond acceptors (Lipinski definition) is 3. The summed E-state index contributed by atoms with van der Waals surface area (Å²) in [7, 11) is -3.36. The maximum Gasteiger partial charge on any atom is 0.252 e. The first kappa shape index (κ1) is 13.8. The third-order valence-electron chi connectivity index (χ3n) is 2.66. The monoisotopic (exact) mass is 357 g/mol. The maximum absolute atomic E-state index is 12.4. The van der Waals surface area contributed by atoms with Gasteiger partial charge in [0.05, 0.1) is 4.34 Å². The SMILES string of the molecule is Cc1cc(S(=O)(=O)N(CCBr)C2CC2)sc1Cl. The van der Waals surface area contributed by atoms with Gasteiger partial charge in [0.2, 0.25) is 0 Å². The Kier molecular flexibility index (Phi) is 4.20. The molecule has 96 valence electrons. The van der Waals surface area contributed by atoms with Crippen molar-refractivity contribution in [3.63, 3.8) is 0 Å². The number of thiophene rings is 1. The van der Waals surface area contributed by atoms with Gasteiger partial charge in [-0.05, 0) is 31.4 Å². The van der Waals surface area contributed by atoms with Crippen LogP contribution in [0.5, 0.6) is 0 Å². The normalized spacial score (nSPS) is 16.7. The van der Waals surface area contributed by atoms with E-state index in [9.17, 15) is 8.42 Å². The van der Waals surface area contributed by atoms with Crippen LogP contribution in [0, 0.1) is 6.92 Å². The molecule has 0 spiro atoms. The Labute approximate surface area is 119 Å². The first-order valence-corrected chi connectivity index (χ1v) is 9.06. The van der Waals surface area contributed by atoms with E-state index in [0.29, 0.717) is 20.4 Å². The molecule has 0 unspecified atom stereocenters. The van der Waals surface area contributed by atoms with E-state index in [0.717, 1.165) is 29.7 Å². The van der Waals surface area contributed by atoms with Crippen molar-refractivity contribution in [2.75, 3.05) is 11.9 Å². The summed E-state index contributed by atoms with van der Waals surface area (Å²) >= 11 is 10.4. The van der Waals surface area contributed by atoms with Gasteiger partial charge in [0.1, 0.15) is 4.21 Å². The summed E-state index contributed by atoms with van der Waals surface area (Å²) in [5, 5.41) is 0.654. The molecule has 0 radical (unpaired) electrons. The van der Waals surface area contributed by atoms with Crippen molar-refractivity contribution in [2.24, 2.45) is 0 Å².